The highest BCUT2D eigenvalue weighted by molar-refractivity contribution is 6.30. The molecule has 0 radical (unpaired) electrons. The van der Waals surface area contributed by atoms with E-state index in [0.717, 1.165) is 16.9 Å². The number of aryl methyl sites for hydroxylation is 1. The minimum atomic E-state index is -0.105. The van der Waals surface area contributed by atoms with E-state index >= 15 is 0 Å². The summed E-state index contributed by atoms with van der Waals surface area (Å²) in [5.41, 5.74) is 9.24. The molecule has 0 unspecified atom stereocenters. The summed E-state index contributed by atoms with van der Waals surface area (Å²) in [6.45, 7) is 4.52. The highest BCUT2D eigenvalue weighted by Crippen LogP contribution is 2.27. The zero-order valence-corrected chi connectivity index (χ0v) is 11.9. The molecule has 0 saturated heterocycles. The van der Waals surface area contributed by atoms with Crippen molar-refractivity contribution in [2.75, 3.05) is 0 Å². The molecule has 0 amide bonds. The number of hydrogen-bond acceptors (Lipinski definition) is 2. The summed E-state index contributed by atoms with van der Waals surface area (Å²) in [5.74, 6) is 0.792. The Kier molecular flexibility index (Phi) is 4.46. The van der Waals surface area contributed by atoms with E-state index in [9.17, 15) is 0 Å². The lowest BCUT2D eigenvalue weighted by Gasteiger charge is -2.14. The lowest BCUT2D eigenvalue weighted by atomic mass is 10.1. The molecule has 1 atom stereocenters. The van der Waals surface area contributed by atoms with Crippen molar-refractivity contribution in [2.45, 2.75) is 26.5 Å². The smallest absolute Gasteiger partial charge is 0.124 e. The molecule has 0 spiro atoms. The van der Waals surface area contributed by atoms with Gasteiger partial charge in [-0.15, -0.1) is 0 Å². The number of nitrogens with two attached hydrogens (primary N) is 1. The van der Waals surface area contributed by atoms with E-state index in [4.69, 9.17) is 22.1 Å². The third kappa shape index (κ3) is 3.72. The summed E-state index contributed by atoms with van der Waals surface area (Å²) in [6, 6.07) is 13.7. The van der Waals surface area contributed by atoms with Crippen LogP contribution in [0, 0.1) is 6.92 Å². The minimum absolute atomic E-state index is 0.105. The van der Waals surface area contributed by atoms with Crippen LogP contribution in [0.2, 0.25) is 5.02 Å². The average Bonchev–Trinajstić information content (AvgIpc) is 2.39. The lowest BCUT2D eigenvalue weighted by Crippen LogP contribution is -2.08. The first-order valence-electron chi connectivity index (χ1n) is 6.29. The van der Waals surface area contributed by atoms with Gasteiger partial charge in [-0.2, -0.15) is 0 Å². The van der Waals surface area contributed by atoms with E-state index in [1.807, 2.05) is 25.1 Å². The Hall–Kier alpha value is -1.51. The molecule has 0 aliphatic carbocycles. The Morgan fingerprint density at radius 1 is 1.16 bits per heavy atom. The summed E-state index contributed by atoms with van der Waals surface area (Å²) in [7, 11) is 0. The normalized spacial score (nSPS) is 12.2. The van der Waals surface area contributed by atoms with Crippen molar-refractivity contribution in [1.29, 1.82) is 0 Å². The number of halogens is 1. The van der Waals surface area contributed by atoms with Gasteiger partial charge >= 0.3 is 0 Å². The van der Waals surface area contributed by atoms with Gasteiger partial charge < -0.3 is 10.5 Å². The summed E-state index contributed by atoms with van der Waals surface area (Å²) in [4.78, 5) is 0. The van der Waals surface area contributed by atoms with Gasteiger partial charge in [0.25, 0.3) is 0 Å². The van der Waals surface area contributed by atoms with Crippen LogP contribution >= 0.6 is 11.6 Å². The van der Waals surface area contributed by atoms with Crippen LogP contribution in [-0.4, -0.2) is 0 Å². The van der Waals surface area contributed by atoms with Gasteiger partial charge in [-0.1, -0.05) is 41.4 Å². The summed E-state index contributed by atoms with van der Waals surface area (Å²) >= 11 is 5.98. The molecule has 19 heavy (non-hydrogen) atoms. The molecule has 2 aromatic rings. The van der Waals surface area contributed by atoms with Crippen LogP contribution in [0.3, 0.4) is 0 Å². The van der Waals surface area contributed by atoms with Crippen LogP contribution in [0.25, 0.3) is 0 Å². The van der Waals surface area contributed by atoms with Gasteiger partial charge in [0, 0.05) is 16.6 Å². The summed E-state index contributed by atoms with van der Waals surface area (Å²) in [6.07, 6.45) is 0. The molecule has 0 aliphatic heterocycles. The van der Waals surface area contributed by atoms with Crippen LogP contribution in [0.15, 0.2) is 42.5 Å². The van der Waals surface area contributed by atoms with E-state index in [1.54, 1.807) is 0 Å². The first kappa shape index (κ1) is 13.9. The maximum absolute atomic E-state index is 5.98. The van der Waals surface area contributed by atoms with Crippen LogP contribution in [0.4, 0.5) is 0 Å². The van der Waals surface area contributed by atoms with Gasteiger partial charge in [0.15, 0.2) is 0 Å². The molecule has 0 heterocycles. The monoisotopic (exact) mass is 275 g/mol. The van der Waals surface area contributed by atoms with Gasteiger partial charge in [-0.05, 0) is 37.6 Å². The number of rotatable bonds is 4. The molecule has 0 aromatic heterocycles. The molecule has 2 N–H and O–H groups in total. The standard InChI is InChI=1S/C16H18ClNO/c1-11-3-5-13(6-4-11)10-19-16-8-7-14(17)9-15(16)12(2)18/h3-9,12H,10,18H2,1-2H3/t12-/m1/s1. The van der Waals surface area contributed by atoms with Crippen molar-refractivity contribution in [3.63, 3.8) is 0 Å². The van der Waals surface area contributed by atoms with Crippen LogP contribution in [0.5, 0.6) is 5.75 Å². The number of ether oxygens (including phenoxy) is 1. The molecule has 0 aliphatic rings. The van der Waals surface area contributed by atoms with Crippen LogP contribution in [0.1, 0.15) is 29.7 Å². The zero-order valence-electron chi connectivity index (χ0n) is 11.2. The quantitative estimate of drug-likeness (QED) is 0.905. The molecule has 2 rings (SSSR count). The van der Waals surface area contributed by atoms with E-state index in [-0.39, 0.29) is 6.04 Å². The maximum Gasteiger partial charge on any atom is 0.124 e. The van der Waals surface area contributed by atoms with Crippen LogP contribution in [-0.2, 0) is 6.61 Å². The number of hydrogen-bond donors (Lipinski definition) is 1. The van der Waals surface area contributed by atoms with E-state index in [2.05, 4.69) is 31.2 Å². The first-order chi connectivity index (χ1) is 9.06. The highest BCUT2D eigenvalue weighted by Gasteiger charge is 2.09. The Bertz CT molecular complexity index is 549. The second kappa shape index (κ2) is 6.09. The predicted octanol–water partition coefficient (Wildman–Crippen LogP) is 4.25. The van der Waals surface area contributed by atoms with Gasteiger partial charge in [0.05, 0.1) is 0 Å². The molecule has 2 aromatic carbocycles. The third-order valence-electron chi connectivity index (χ3n) is 2.98. The van der Waals surface area contributed by atoms with E-state index < -0.39 is 0 Å². The molecule has 2 nitrogen and oxygen atoms in total. The summed E-state index contributed by atoms with van der Waals surface area (Å²) < 4.78 is 5.84. The van der Waals surface area contributed by atoms with Gasteiger partial charge in [0.1, 0.15) is 12.4 Å². The molecule has 0 bridgehead atoms. The Labute approximate surface area is 119 Å². The maximum atomic E-state index is 5.98. The van der Waals surface area contributed by atoms with Gasteiger partial charge in [-0.25, -0.2) is 0 Å². The average molecular weight is 276 g/mol. The fourth-order valence-electron chi connectivity index (χ4n) is 1.85. The Morgan fingerprint density at radius 3 is 2.47 bits per heavy atom. The Balaban J connectivity index is 2.13. The van der Waals surface area contributed by atoms with Gasteiger partial charge in [-0.3, -0.25) is 0 Å². The fourth-order valence-corrected chi connectivity index (χ4v) is 2.03. The summed E-state index contributed by atoms with van der Waals surface area (Å²) in [5, 5.41) is 0.676. The molecular weight excluding hydrogens is 258 g/mol. The largest absolute Gasteiger partial charge is 0.489 e. The molecular formula is C16H18ClNO. The SMILES string of the molecule is Cc1ccc(COc2ccc(Cl)cc2[C@@H](C)N)cc1. The molecule has 100 valence electrons. The minimum Gasteiger partial charge on any atom is -0.489 e. The van der Waals surface area contributed by atoms with E-state index in [0.29, 0.717) is 11.6 Å². The molecule has 3 heteroatoms. The van der Waals surface area contributed by atoms with E-state index in [1.165, 1.54) is 5.56 Å². The fraction of sp³-hybridized carbons (Fsp3) is 0.250. The van der Waals surface area contributed by atoms with Gasteiger partial charge in [0.2, 0.25) is 0 Å². The topological polar surface area (TPSA) is 35.2 Å². The Morgan fingerprint density at radius 2 is 1.84 bits per heavy atom. The lowest BCUT2D eigenvalue weighted by molar-refractivity contribution is 0.301. The van der Waals surface area contributed by atoms with Crippen molar-refractivity contribution in [3.05, 3.63) is 64.2 Å². The van der Waals surface area contributed by atoms with Crippen molar-refractivity contribution in [3.8, 4) is 5.75 Å². The predicted molar refractivity (Wildman–Crippen MR) is 79.6 cm³/mol. The second-order valence-electron chi connectivity index (χ2n) is 4.75. The molecule has 0 saturated carbocycles. The number of benzene rings is 2. The van der Waals surface area contributed by atoms with Crippen molar-refractivity contribution < 1.29 is 4.74 Å². The van der Waals surface area contributed by atoms with Crippen LogP contribution < -0.4 is 10.5 Å². The van der Waals surface area contributed by atoms with Crippen molar-refractivity contribution in [2.24, 2.45) is 5.73 Å². The molecule has 0 fully saturated rings. The second-order valence-corrected chi connectivity index (χ2v) is 5.18. The third-order valence-corrected chi connectivity index (χ3v) is 3.21. The zero-order chi connectivity index (χ0) is 13.8. The van der Waals surface area contributed by atoms with Crippen molar-refractivity contribution >= 4 is 11.6 Å². The first-order valence-corrected chi connectivity index (χ1v) is 6.67. The highest BCUT2D eigenvalue weighted by atomic mass is 35.5. The van der Waals surface area contributed by atoms with Crippen molar-refractivity contribution in [1.82, 2.24) is 0 Å².